The van der Waals surface area contributed by atoms with Gasteiger partial charge in [0.15, 0.2) is 5.60 Å². The lowest BCUT2D eigenvalue weighted by Gasteiger charge is -2.37. The first kappa shape index (κ1) is 24.6. The van der Waals surface area contributed by atoms with E-state index >= 15 is 0 Å². The second-order valence-electron chi connectivity index (χ2n) is 11.0. The molecule has 0 unspecified atom stereocenters. The van der Waals surface area contributed by atoms with Crippen LogP contribution in [0.15, 0.2) is 60.2 Å². The largest absolute Gasteiger partial charge is 0.447 e. The van der Waals surface area contributed by atoms with E-state index in [9.17, 15) is 19.8 Å². The van der Waals surface area contributed by atoms with E-state index in [-0.39, 0.29) is 29.5 Å². The second-order valence-corrected chi connectivity index (χ2v) is 11.0. The number of ether oxygens (including phenoxy) is 1. The van der Waals surface area contributed by atoms with Crippen LogP contribution in [-0.2, 0) is 14.3 Å². The third kappa shape index (κ3) is 4.20. The first-order chi connectivity index (χ1) is 16.0. The van der Waals surface area contributed by atoms with E-state index in [1.165, 1.54) is 6.08 Å². The van der Waals surface area contributed by atoms with Crippen molar-refractivity contribution in [2.24, 2.45) is 29.1 Å². The lowest BCUT2D eigenvalue weighted by atomic mass is 9.77. The summed E-state index contributed by atoms with van der Waals surface area (Å²) in [6, 6.07) is 9.34. The van der Waals surface area contributed by atoms with Crippen molar-refractivity contribution in [2.45, 2.75) is 64.8 Å². The zero-order valence-electron chi connectivity index (χ0n) is 20.5. The molecule has 0 radical (unpaired) electrons. The molecule has 1 aromatic rings. The Morgan fingerprint density at radius 1 is 1.21 bits per heavy atom. The van der Waals surface area contributed by atoms with Crippen molar-refractivity contribution < 1.29 is 24.5 Å². The Balaban J connectivity index is 1.74. The number of Topliss-reactive ketones (excluding diaryl/α,β-unsaturated/α-hetero) is 1. The smallest absolute Gasteiger partial charge is 0.331 e. The SMILES string of the molecule is C=C1CC[C@H]2[C@H](/C=C(\C)C(=O)[C@@]3(OC(=O)/C=C/c4ccccc4)C[C@H](C)[C@H](O)[C@@H]3[C@H]1O)C2(C)C. The van der Waals surface area contributed by atoms with Crippen LogP contribution in [0.5, 0.6) is 0 Å². The maximum atomic E-state index is 14.0. The number of aliphatic hydroxyl groups is 2. The number of fused-ring (bicyclic) bond motifs is 2. The highest BCUT2D eigenvalue weighted by Gasteiger charge is 2.63. The average molecular weight is 465 g/mol. The van der Waals surface area contributed by atoms with Crippen LogP contribution in [0.3, 0.4) is 0 Å². The lowest BCUT2D eigenvalue weighted by molar-refractivity contribution is -0.172. The van der Waals surface area contributed by atoms with Crippen LogP contribution in [0.25, 0.3) is 6.08 Å². The first-order valence-electron chi connectivity index (χ1n) is 12.2. The Hall–Kier alpha value is -2.50. The summed E-state index contributed by atoms with van der Waals surface area (Å²) in [7, 11) is 0. The minimum absolute atomic E-state index is 0.0656. The van der Waals surface area contributed by atoms with Crippen molar-refractivity contribution in [3.8, 4) is 0 Å². The number of ketones is 1. The molecule has 0 saturated heterocycles. The van der Waals surface area contributed by atoms with Crippen LogP contribution in [0.4, 0.5) is 0 Å². The number of esters is 1. The molecule has 2 saturated carbocycles. The molecule has 3 aliphatic rings. The van der Waals surface area contributed by atoms with Gasteiger partial charge >= 0.3 is 5.97 Å². The predicted octanol–water partition coefficient (Wildman–Crippen LogP) is 4.50. The van der Waals surface area contributed by atoms with Crippen molar-refractivity contribution in [3.63, 3.8) is 0 Å². The van der Waals surface area contributed by atoms with Gasteiger partial charge in [0.1, 0.15) is 0 Å². The summed E-state index contributed by atoms with van der Waals surface area (Å²) in [5, 5.41) is 22.4. The Morgan fingerprint density at radius 3 is 2.56 bits per heavy atom. The number of aliphatic hydroxyl groups excluding tert-OH is 2. The van der Waals surface area contributed by atoms with E-state index < -0.39 is 29.7 Å². The van der Waals surface area contributed by atoms with Gasteiger partial charge in [-0.15, -0.1) is 0 Å². The molecule has 1 aromatic carbocycles. The van der Waals surface area contributed by atoms with Crippen molar-refractivity contribution in [1.82, 2.24) is 0 Å². The number of allylic oxidation sites excluding steroid dienone is 1. The van der Waals surface area contributed by atoms with Crippen molar-refractivity contribution in [3.05, 3.63) is 65.8 Å². The average Bonchev–Trinajstić information content (AvgIpc) is 3.21. The van der Waals surface area contributed by atoms with E-state index in [1.54, 1.807) is 13.0 Å². The fraction of sp³-hybridized carbons (Fsp3) is 0.517. The van der Waals surface area contributed by atoms with Crippen molar-refractivity contribution >= 4 is 17.8 Å². The van der Waals surface area contributed by atoms with Crippen molar-refractivity contribution in [2.75, 3.05) is 0 Å². The lowest BCUT2D eigenvalue weighted by Crippen LogP contribution is -2.53. The molecule has 0 heterocycles. The minimum Gasteiger partial charge on any atom is -0.447 e. The van der Waals surface area contributed by atoms with Gasteiger partial charge in [-0.1, -0.05) is 63.8 Å². The maximum absolute atomic E-state index is 14.0. The van der Waals surface area contributed by atoms with Crippen LogP contribution >= 0.6 is 0 Å². The molecule has 34 heavy (non-hydrogen) atoms. The Morgan fingerprint density at radius 2 is 1.88 bits per heavy atom. The predicted molar refractivity (Wildman–Crippen MR) is 131 cm³/mol. The molecule has 2 fully saturated rings. The van der Waals surface area contributed by atoms with Gasteiger partial charge < -0.3 is 14.9 Å². The topological polar surface area (TPSA) is 83.8 Å². The molecule has 0 aromatic heterocycles. The first-order valence-corrected chi connectivity index (χ1v) is 12.2. The molecular weight excluding hydrogens is 428 g/mol. The standard InChI is InChI=1S/C29H36O5/c1-17-11-13-21-22(28(21,4)5)15-18(2)27(33)29(16-19(3)26(32)24(29)25(17)31)34-23(30)14-12-20-9-7-6-8-10-20/h6-10,12,14-15,19,21-22,24-26,31-32H,1,11,13,16H2,2-5H3/b14-12+,18-15+/t19-,21-,22-,24-,25-,26-,29+/m0/s1. The van der Waals surface area contributed by atoms with Gasteiger partial charge in [-0.2, -0.15) is 0 Å². The zero-order valence-corrected chi connectivity index (χ0v) is 20.5. The van der Waals surface area contributed by atoms with Gasteiger partial charge in [0, 0.05) is 12.5 Å². The highest BCUT2D eigenvalue weighted by molar-refractivity contribution is 6.04. The molecule has 5 nitrogen and oxygen atoms in total. The molecule has 182 valence electrons. The summed E-state index contributed by atoms with van der Waals surface area (Å²) in [6.45, 7) is 12.1. The Labute approximate surface area is 202 Å². The molecule has 3 aliphatic carbocycles. The third-order valence-electron chi connectivity index (χ3n) is 8.45. The van der Waals surface area contributed by atoms with E-state index in [0.717, 1.165) is 12.0 Å². The van der Waals surface area contributed by atoms with Gasteiger partial charge in [-0.3, -0.25) is 4.79 Å². The van der Waals surface area contributed by atoms with E-state index in [2.05, 4.69) is 20.4 Å². The Kier molecular flexibility index (Phi) is 6.47. The van der Waals surface area contributed by atoms with E-state index in [0.29, 0.717) is 23.5 Å². The van der Waals surface area contributed by atoms with Crippen LogP contribution < -0.4 is 0 Å². The van der Waals surface area contributed by atoms with Crippen LogP contribution in [0.1, 0.15) is 52.5 Å². The molecule has 0 bridgehead atoms. The molecule has 0 aliphatic heterocycles. The summed E-state index contributed by atoms with van der Waals surface area (Å²) in [5.41, 5.74) is 0.335. The Bertz CT molecular complexity index is 1040. The van der Waals surface area contributed by atoms with Crippen LogP contribution in [0.2, 0.25) is 0 Å². The number of carbonyl (C=O) groups is 2. The highest BCUT2D eigenvalue weighted by atomic mass is 16.6. The van der Waals surface area contributed by atoms with Crippen LogP contribution in [0, 0.1) is 29.1 Å². The van der Waals surface area contributed by atoms with Crippen LogP contribution in [-0.4, -0.2) is 39.8 Å². The molecule has 2 N–H and O–H groups in total. The number of hydrogen-bond acceptors (Lipinski definition) is 5. The number of rotatable bonds is 3. The van der Waals surface area contributed by atoms with Crippen molar-refractivity contribution in [1.29, 1.82) is 0 Å². The summed E-state index contributed by atoms with van der Waals surface area (Å²) in [6.07, 6.45) is 4.40. The normalized spacial score (nSPS) is 38.9. The van der Waals surface area contributed by atoms with E-state index in [1.807, 2.05) is 43.3 Å². The molecule has 4 rings (SSSR count). The number of benzene rings is 1. The summed E-state index contributed by atoms with van der Waals surface area (Å²) < 4.78 is 5.96. The third-order valence-corrected chi connectivity index (χ3v) is 8.45. The summed E-state index contributed by atoms with van der Waals surface area (Å²) >= 11 is 0. The van der Waals surface area contributed by atoms with Gasteiger partial charge in [-0.05, 0) is 65.7 Å². The molecule has 0 amide bonds. The monoisotopic (exact) mass is 464 g/mol. The quantitative estimate of drug-likeness (QED) is 0.391. The molecule has 7 atom stereocenters. The molecule has 0 spiro atoms. The molecular formula is C29H36O5. The summed E-state index contributed by atoms with van der Waals surface area (Å²) in [5.74, 6) is -1.67. The minimum atomic E-state index is -1.65. The van der Waals surface area contributed by atoms with Gasteiger partial charge in [0.05, 0.1) is 18.1 Å². The van der Waals surface area contributed by atoms with Gasteiger partial charge in [0.25, 0.3) is 0 Å². The zero-order chi connectivity index (χ0) is 24.8. The van der Waals surface area contributed by atoms with E-state index in [4.69, 9.17) is 4.74 Å². The fourth-order valence-corrected chi connectivity index (χ4v) is 6.24. The maximum Gasteiger partial charge on any atom is 0.331 e. The summed E-state index contributed by atoms with van der Waals surface area (Å²) in [4.78, 5) is 27.0. The number of carbonyl (C=O) groups excluding carboxylic acids is 2. The van der Waals surface area contributed by atoms with Gasteiger partial charge in [-0.25, -0.2) is 4.79 Å². The van der Waals surface area contributed by atoms with Gasteiger partial charge in [0.2, 0.25) is 5.78 Å². The fourth-order valence-electron chi connectivity index (χ4n) is 6.24. The highest BCUT2D eigenvalue weighted by Crippen LogP contribution is 2.62. The second kappa shape index (κ2) is 8.94. The molecule has 5 heteroatoms. The number of hydrogen-bond donors (Lipinski definition) is 2.